The van der Waals surface area contributed by atoms with Gasteiger partial charge in [0.15, 0.2) is 5.76 Å². The van der Waals surface area contributed by atoms with Crippen LogP contribution in [0.25, 0.3) is 0 Å². The van der Waals surface area contributed by atoms with Crippen molar-refractivity contribution in [2.75, 3.05) is 0 Å². The lowest BCUT2D eigenvalue weighted by atomic mass is 10.2. The van der Waals surface area contributed by atoms with Gasteiger partial charge in [-0.3, -0.25) is 4.79 Å². The fourth-order valence-electron chi connectivity index (χ4n) is 0.856. The molecule has 0 saturated heterocycles. The number of hydrogen-bond donors (Lipinski definition) is 1. The maximum atomic E-state index is 11.0. The first-order valence-electron chi connectivity index (χ1n) is 3.49. The zero-order valence-corrected chi connectivity index (χ0v) is 6.55. The van der Waals surface area contributed by atoms with E-state index in [1.54, 1.807) is 13.0 Å². The van der Waals surface area contributed by atoms with Crippen molar-refractivity contribution in [3.05, 3.63) is 23.4 Å². The third-order valence-electron chi connectivity index (χ3n) is 1.42. The molecule has 1 rings (SSSR count). The normalized spacial score (nSPS) is 21.3. The Morgan fingerprint density at radius 2 is 2.27 bits per heavy atom. The lowest BCUT2D eigenvalue weighted by Crippen LogP contribution is -1.98. The Hall–Kier alpha value is -1.25. The zero-order valence-electron chi connectivity index (χ0n) is 6.55. The molecule has 1 aliphatic rings. The van der Waals surface area contributed by atoms with Gasteiger partial charge in [0.05, 0.1) is 0 Å². The molecule has 0 saturated carbocycles. The van der Waals surface area contributed by atoms with Gasteiger partial charge in [-0.15, -0.1) is 0 Å². The summed E-state index contributed by atoms with van der Waals surface area (Å²) in [6.45, 7) is 3.46. The van der Waals surface area contributed by atoms with Crippen molar-refractivity contribution >= 4 is 5.78 Å². The van der Waals surface area contributed by atoms with Gasteiger partial charge in [-0.1, -0.05) is 6.92 Å². The Morgan fingerprint density at radius 1 is 1.64 bits per heavy atom. The second-order valence-electron chi connectivity index (χ2n) is 2.31. The number of carbonyl (C=O) groups is 1. The predicted molar refractivity (Wildman–Crippen MR) is 39.8 cm³/mol. The van der Waals surface area contributed by atoms with E-state index in [-0.39, 0.29) is 17.3 Å². The highest BCUT2D eigenvalue weighted by molar-refractivity contribution is 6.07. The van der Waals surface area contributed by atoms with E-state index in [4.69, 9.17) is 9.84 Å². The number of aliphatic hydroxyl groups is 1. The van der Waals surface area contributed by atoms with E-state index < -0.39 is 5.78 Å². The van der Waals surface area contributed by atoms with Crippen molar-refractivity contribution in [2.45, 2.75) is 20.3 Å². The molecule has 0 fully saturated rings. The lowest BCUT2D eigenvalue weighted by Gasteiger charge is -1.94. The number of ketones is 1. The van der Waals surface area contributed by atoms with Crippen molar-refractivity contribution in [3.8, 4) is 0 Å². The van der Waals surface area contributed by atoms with Crippen LogP contribution < -0.4 is 0 Å². The molecule has 1 aliphatic heterocycles. The van der Waals surface area contributed by atoms with E-state index in [1.165, 1.54) is 0 Å². The van der Waals surface area contributed by atoms with Gasteiger partial charge < -0.3 is 9.84 Å². The molecule has 1 N–H and O–H groups in total. The minimum Gasteiger partial charge on any atom is -0.502 e. The van der Waals surface area contributed by atoms with Gasteiger partial charge in [0.1, 0.15) is 5.76 Å². The second-order valence-corrected chi connectivity index (χ2v) is 2.31. The van der Waals surface area contributed by atoms with Crippen LogP contribution in [-0.4, -0.2) is 10.9 Å². The molecule has 3 heteroatoms. The number of allylic oxidation sites excluding steroid dienone is 2. The Bertz CT molecular complexity index is 248. The summed E-state index contributed by atoms with van der Waals surface area (Å²) < 4.78 is 4.97. The summed E-state index contributed by atoms with van der Waals surface area (Å²) in [4.78, 5) is 11.0. The number of ether oxygens (including phenoxy) is 1. The zero-order chi connectivity index (χ0) is 8.43. The average Bonchev–Trinajstić information content (AvgIpc) is 2.19. The Morgan fingerprint density at radius 3 is 2.64 bits per heavy atom. The Labute approximate surface area is 65.0 Å². The molecule has 60 valence electrons. The number of hydrogen-bond acceptors (Lipinski definition) is 3. The molecule has 0 aliphatic carbocycles. The second kappa shape index (κ2) is 2.78. The van der Waals surface area contributed by atoms with Crippen molar-refractivity contribution in [1.29, 1.82) is 0 Å². The Balaban J connectivity index is 2.87. The third kappa shape index (κ3) is 1.27. The fourth-order valence-corrected chi connectivity index (χ4v) is 0.856. The first-order chi connectivity index (χ1) is 5.16. The van der Waals surface area contributed by atoms with Crippen LogP contribution in [0.4, 0.5) is 0 Å². The van der Waals surface area contributed by atoms with Crippen LogP contribution in [0.1, 0.15) is 20.3 Å². The number of rotatable bonds is 1. The fraction of sp³-hybridized carbons (Fsp3) is 0.375. The molecule has 3 nitrogen and oxygen atoms in total. The Kier molecular flexibility index (Phi) is 1.98. The minimum absolute atomic E-state index is 0.238. The molecule has 0 bridgehead atoms. The van der Waals surface area contributed by atoms with Gasteiger partial charge in [-0.05, 0) is 19.4 Å². The first-order valence-corrected chi connectivity index (χ1v) is 3.49. The largest absolute Gasteiger partial charge is 0.502 e. The summed E-state index contributed by atoms with van der Waals surface area (Å²) in [6.07, 6.45) is 2.37. The van der Waals surface area contributed by atoms with E-state index >= 15 is 0 Å². The highest BCUT2D eigenvalue weighted by atomic mass is 16.5. The van der Waals surface area contributed by atoms with Crippen LogP contribution in [0.15, 0.2) is 23.4 Å². The SMILES string of the molecule is CC/C=C1/OC(C)=C(O)C1=O. The smallest absolute Gasteiger partial charge is 0.265 e. The summed E-state index contributed by atoms with van der Waals surface area (Å²) in [5.41, 5.74) is 0. The van der Waals surface area contributed by atoms with Gasteiger partial charge in [0.25, 0.3) is 5.78 Å². The van der Waals surface area contributed by atoms with Crippen LogP contribution in [-0.2, 0) is 9.53 Å². The number of aliphatic hydroxyl groups excluding tert-OH is 1. The maximum absolute atomic E-state index is 11.0. The van der Waals surface area contributed by atoms with Gasteiger partial charge in [-0.2, -0.15) is 0 Å². The minimum atomic E-state index is -0.413. The quantitative estimate of drug-likeness (QED) is 0.584. The maximum Gasteiger partial charge on any atom is 0.265 e. The van der Waals surface area contributed by atoms with Crippen molar-refractivity contribution < 1.29 is 14.6 Å². The van der Waals surface area contributed by atoms with Crippen LogP contribution in [0.3, 0.4) is 0 Å². The monoisotopic (exact) mass is 154 g/mol. The lowest BCUT2D eigenvalue weighted by molar-refractivity contribution is -0.115. The molecule has 0 aromatic heterocycles. The number of carbonyl (C=O) groups excluding carboxylic acids is 1. The van der Waals surface area contributed by atoms with Gasteiger partial charge >= 0.3 is 0 Å². The molecular formula is C8H10O3. The van der Waals surface area contributed by atoms with Crippen LogP contribution in [0, 0.1) is 0 Å². The standard InChI is InChI=1S/C8H10O3/c1-3-4-6-8(10)7(9)5(2)11-6/h4,9H,3H2,1-2H3/b6-4+. The molecule has 0 radical (unpaired) electrons. The molecule has 0 amide bonds. The van der Waals surface area contributed by atoms with Crippen molar-refractivity contribution in [2.24, 2.45) is 0 Å². The van der Waals surface area contributed by atoms with Gasteiger partial charge in [0.2, 0.25) is 5.76 Å². The highest BCUT2D eigenvalue weighted by Gasteiger charge is 2.26. The van der Waals surface area contributed by atoms with Gasteiger partial charge in [0, 0.05) is 0 Å². The summed E-state index contributed by atoms with van der Waals surface area (Å²) in [6, 6.07) is 0. The van der Waals surface area contributed by atoms with Crippen molar-refractivity contribution in [3.63, 3.8) is 0 Å². The molecule has 0 aromatic rings. The van der Waals surface area contributed by atoms with E-state index in [0.717, 1.165) is 6.42 Å². The average molecular weight is 154 g/mol. The molecule has 11 heavy (non-hydrogen) atoms. The third-order valence-corrected chi connectivity index (χ3v) is 1.42. The molecule has 0 atom stereocenters. The van der Waals surface area contributed by atoms with E-state index in [0.29, 0.717) is 0 Å². The topological polar surface area (TPSA) is 46.5 Å². The van der Waals surface area contributed by atoms with Crippen LogP contribution in [0.5, 0.6) is 0 Å². The van der Waals surface area contributed by atoms with Crippen LogP contribution in [0.2, 0.25) is 0 Å². The molecule has 0 spiro atoms. The predicted octanol–water partition coefficient (Wildman–Crippen LogP) is 1.67. The summed E-state index contributed by atoms with van der Waals surface area (Å²) in [5.74, 6) is -0.161. The number of Topliss-reactive ketones (excluding diaryl/α,β-unsaturated/α-hetero) is 1. The molecule has 0 unspecified atom stereocenters. The molecule has 1 heterocycles. The first kappa shape index (κ1) is 7.85. The van der Waals surface area contributed by atoms with E-state index in [1.807, 2.05) is 6.92 Å². The van der Waals surface area contributed by atoms with Crippen LogP contribution >= 0.6 is 0 Å². The summed E-state index contributed by atoms with van der Waals surface area (Å²) in [7, 11) is 0. The summed E-state index contributed by atoms with van der Waals surface area (Å²) in [5, 5.41) is 9.03. The van der Waals surface area contributed by atoms with Crippen molar-refractivity contribution in [1.82, 2.24) is 0 Å². The van der Waals surface area contributed by atoms with E-state index in [9.17, 15) is 4.79 Å². The molecular weight excluding hydrogens is 144 g/mol. The molecule has 0 aromatic carbocycles. The summed E-state index contributed by atoms with van der Waals surface area (Å²) >= 11 is 0. The highest BCUT2D eigenvalue weighted by Crippen LogP contribution is 2.22. The van der Waals surface area contributed by atoms with E-state index in [2.05, 4.69) is 0 Å². The van der Waals surface area contributed by atoms with Gasteiger partial charge in [-0.25, -0.2) is 0 Å².